The van der Waals surface area contributed by atoms with Crippen LogP contribution in [-0.4, -0.2) is 39.2 Å². The van der Waals surface area contributed by atoms with E-state index < -0.39 is 11.5 Å². The van der Waals surface area contributed by atoms with Crippen molar-refractivity contribution in [2.24, 2.45) is 0 Å². The topological polar surface area (TPSA) is 111 Å². The van der Waals surface area contributed by atoms with Gasteiger partial charge in [0.25, 0.3) is 0 Å². The third kappa shape index (κ3) is 5.40. The lowest BCUT2D eigenvalue weighted by atomic mass is 10.1. The van der Waals surface area contributed by atoms with Gasteiger partial charge in [-0.2, -0.15) is 5.10 Å². The number of aliphatic carboxylic acids is 1. The van der Waals surface area contributed by atoms with Gasteiger partial charge >= 0.3 is 5.97 Å². The van der Waals surface area contributed by atoms with Crippen LogP contribution in [0.3, 0.4) is 0 Å². The summed E-state index contributed by atoms with van der Waals surface area (Å²) in [6, 6.07) is 6.88. The molecule has 0 radical (unpaired) electrons. The number of amides is 1. The summed E-state index contributed by atoms with van der Waals surface area (Å²) in [6.45, 7) is 4.86. The van der Waals surface area contributed by atoms with E-state index in [1.165, 1.54) is 37.8 Å². The Kier molecular flexibility index (Phi) is 6.33. The van der Waals surface area contributed by atoms with Crippen molar-refractivity contribution in [3.63, 3.8) is 0 Å². The van der Waals surface area contributed by atoms with Gasteiger partial charge in [0.15, 0.2) is 11.3 Å². The minimum atomic E-state index is -1.20. The second-order valence-electron chi connectivity index (χ2n) is 6.62. The Balaban J connectivity index is 1.79. The number of carboxylic acids is 1. The molecule has 8 nitrogen and oxygen atoms in total. The van der Waals surface area contributed by atoms with Crippen LogP contribution >= 0.6 is 0 Å². The molecule has 27 heavy (non-hydrogen) atoms. The number of anilines is 1. The maximum Gasteiger partial charge on any atom is 0.331 e. The number of aromatic nitrogens is 2. The van der Waals surface area contributed by atoms with Gasteiger partial charge < -0.3 is 15.2 Å². The predicted molar refractivity (Wildman–Crippen MR) is 99.0 cm³/mol. The molecule has 1 heterocycles. The first-order valence-corrected chi connectivity index (χ1v) is 8.52. The molecule has 0 saturated carbocycles. The number of carboxylic acid groups (broad SMARTS) is 1. The molecule has 2 rings (SSSR count). The Morgan fingerprint density at radius 1 is 1.30 bits per heavy atom. The average molecular weight is 373 g/mol. The van der Waals surface area contributed by atoms with E-state index in [9.17, 15) is 19.5 Å². The fourth-order valence-electron chi connectivity index (χ4n) is 2.24. The fraction of sp³-hybridized carbons (Fsp3) is 0.368. The van der Waals surface area contributed by atoms with Crippen LogP contribution in [0.2, 0.25) is 0 Å². The molecule has 0 unspecified atom stereocenters. The Hall–Kier alpha value is -3.16. The lowest BCUT2D eigenvalue weighted by Crippen LogP contribution is -2.35. The molecule has 8 heteroatoms. The maximum atomic E-state index is 12.0. The molecule has 1 aromatic carbocycles. The largest absolute Gasteiger partial charge is 0.494 e. The molecule has 0 atom stereocenters. The summed E-state index contributed by atoms with van der Waals surface area (Å²) in [5.41, 5.74) is -0.193. The zero-order valence-electron chi connectivity index (χ0n) is 15.6. The number of ether oxygens (including phenoxy) is 1. The molecule has 0 fully saturated rings. The number of Topliss-reactive ketones (excluding diaryl/α,β-unsaturated/α-hetero) is 1. The van der Waals surface area contributed by atoms with E-state index in [-0.39, 0.29) is 18.1 Å². The van der Waals surface area contributed by atoms with E-state index in [1.807, 2.05) is 0 Å². The molecular formula is C19H23N3O5. The second kappa shape index (κ2) is 8.48. The minimum absolute atomic E-state index is 0.0357. The van der Waals surface area contributed by atoms with Gasteiger partial charge in [-0.05, 0) is 39.3 Å². The van der Waals surface area contributed by atoms with E-state index in [4.69, 9.17) is 4.74 Å². The van der Waals surface area contributed by atoms with Crippen molar-refractivity contribution >= 4 is 23.3 Å². The highest BCUT2D eigenvalue weighted by Gasteiger charge is 2.30. The van der Waals surface area contributed by atoms with Gasteiger partial charge in [-0.15, -0.1) is 0 Å². The Morgan fingerprint density at radius 3 is 2.70 bits per heavy atom. The number of ketones is 1. The molecule has 0 aliphatic carbocycles. The molecule has 144 valence electrons. The van der Waals surface area contributed by atoms with Crippen LogP contribution < -0.4 is 10.1 Å². The summed E-state index contributed by atoms with van der Waals surface area (Å²) < 4.78 is 6.85. The predicted octanol–water partition coefficient (Wildman–Crippen LogP) is 2.70. The van der Waals surface area contributed by atoms with Crippen LogP contribution in [0.15, 0.2) is 36.7 Å². The monoisotopic (exact) mass is 373 g/mol. The van der Waals surface area contributed by atoms with Gasteiger partial charge in [-0.25, -0.2) is 4.79 Å². The molecular weight excluding hydrogens is 350 g/mol. The van der Waals surface area contributed by atoms with E-state index in [0.29, 0.717) is 30.0 Å². The highest BCUT2D eigenvalue weighted by molar-refractivity contribution is 5.94. The molecule has 2 N–H and O–H groups in total. The lowest BCUT2D eigenvalue weighted by molar-refractivity contribution is -0.146. The van der Waals surface area contributed by atoms with Gasteiger partial charge in [0.2, 0.25) is 5.91 Å². The third-order valence-electron chi connectivity index (χ3n) is 4.02. The third-order valence-corrected chi connectivity index (χ3v) is 4.02. The van der Waals surface area contributed by atoms with Crippen molar-refractivity contribution in [1.82, 2.24) is 9.78 Å². The van der Waals surface area contributed by atoms with Gasteiger partial charge in [0.05, 0.1) is 18.5 Å². The molecule has 0 spiro atoms. The van der Waals surface area contributed by atoms with Gasteiger partial charge in [0.1, 0.15) is 5.75 Å². The summed E-state index contributed by atoms with van der Waals surface area (Å²) in [4.78, 5) is 34.6. The Morgan fingerprint density at radius 2 is 2.04 bits per heavy atom. The number of nitrogens with zero attached hydrogens (tertiary/aromatic N) is 2. The first-order chi connectivity index (χ1) is 12.7. The van der Waals surface area contributed by atoms with Crippen LogP contribution in [0, 0.1) is 0 Å². The van der Waals surface area contributed by atoms with Crippen LogP contribution in [0.1, 0.15) is 44.0 Å². The smallest absolute Gasteiger partial charge is 0.331 e. The van der Waals surface area contributed by atoms with Crippen molar-refractivity contribution in [2.75, 3.05) is 11.9 Å². The molecule has 0 aliphatic rings. The fourth-order valence-corrected chi connectivity index (χ4v) is 2.24. The number of hydrogen-bond donors (Lipinski definition) is 2. The number of carbonyl (C=O) groups excluding carboxylic acids is 2. The second-order valence-corrected chi connectivity index (χ2v) is 6.62. The highest BCUT2D eigenvalue weighted by Crippen LogP contribution is 2.18. The summed E-state index contributed by atoms with van der Waals surface area (Å²) in [5, 5.41) is 15.9. The standard InChI is InChI=1S/C19H23N3O5/c1-13(23)14-6-4-7-16(10-14)27-9-5-8-17(24)21-15-11-20-22(12-15)19(2,3)18(25)26/h4,6-7,10-12H,5,8-9H2,1-3H3,(H,21,24)(H,25,26). The first kappa shape index (κ1) is 20.2. The van der Waals surface area contributed by atoms with Crippen LogP contribution in [0.4, 0.5) is 5.69 Å². The van der Waals surface area contributed by atoms with Crippen molar-refractivity contribution in [3.05, 3.63) is 42.2 Å². The molecule has 1 aromatic heterocycles. The number of carbonyl (C=O) groups is 3. The zero-order valence-corrected chi connectivity index (χ0v) is 15.6. The van der Waals surface area contributed by atoms with Crippen LogP contribution in [-0.2, 0) is 15.1 Å². The van der Waals surface area contributed by atoms with Crippen molar-refractivity contribution < 1.29 is 24.2 Å². The van der Waals surface area contributed by atoms with Crippen molar-refractivity contribution in [2.45, 2.75) is 39.2 Å². The summed E-state index contributed by atoms with van der Waals surface area (Å²) in [6.07, 6.45) is 3.62. The molecule has 0 bridgehead atoms. The molecule has 0 saturated heterocycles. The number of benzene rings is 1. The van der Waals surface area contributed by atoms with Crippen molar-refractivity contribution in [3.8, 4) is 5.75 Å². The van der Waals surface area contributed by atoms with E-state index in [0.717, 1.165) is 0 Å². The van der Waals surface area contributed by atoms with E-state index in [2.05, 4.69) is 10.4 Å². The molecule has 1 amide bonds. The normalized spacial score (nSPS) is 11.1. The van der Waals surface area contributed by atoms with Gasteiger partial charge in [-0.3, -0.25) is 14.3 Å². The quantitative estimate of drug-likeness (QED) is 0.516. The Labute approximate surface area is 157 Å². The highest BCUT2D eigenvalue weighted by atomic mass is 16.5. The Bertz CT molecular complexity index is 841. The first-order valence-electron chi connectivity index (χ1n) is 8.52. The minimum Gasteiger partial charge on any atom is -0.494 e. The van der Waals surface area contributed by atoms with Gasteiger partial charge in [0, 0.05) is 18.2 Å². The SMILES string of the molecule is CC(=O)c1cccc(OCCCC(=O)Nc2cnn(C(C)(C)C(=O)O)c2)c1. The van der Waals surface area contributed by atoms with E-state index >= 15 is 0 Å². The van der Waals surface area contributed by atoms with Gasteiger partial charge in [-0.1, -0.05) is 12.1 Å². The number of nitrogens with one attached hydrogen (secondary N) is 1. The number of hydrogen-bond acceptors (Lipinski definition) is 5. The molecule has 0 aliphatic heterocycles. The van der Waals surface area contributed by atoms with Crippen LogP contribution in [0.25, 0.3) is 0 Å². The summed E-state index contributed by atoms with van der Waals surface area (Å²) in [7, 11) is 0. The van der Waals surface area contributed by atoms with E-state index in [1.54, 1.807) is 24.3 Å². The zero-order chi connectivity index (χ0) is 20.0. The summed E-state index contributed by atoms with van der Waals surface area (Å²) in [5.74, 6) is -0.690. The maximum absolute atomic E-state index is 12.0. The summed E-state index contributed by atoms with van der Waals surface area (Å²) >= 11 is 0. The van der Waals surface area contributed by atoms with Crippen LogP contribution in [0.5, 0.6) is 5.75 Å². The molecule has 2 aromatic rings. The number of rotatable bonds is 9. The lowest BCUT2D eigenvalue weighted by Gasteiger charge is -2.19. The average Bonchev–Trinajstić information content (AvgIpc) is 3.08. The van der Waals surface area contributed by atoms with Crippen molar-refractivity contribution in [1.29, 1.82) is 0 Å².